The van der Waals surface area contributed by atoms with Gasteiger partial charge in [0.05, 0.1) is 7.11 Å². The van der Waals surface area contributed by atoms with Crippen LogP contribution in [0.2, 0.25) is 0 Å². The van der Waals surface area contributed by atoms with Crippen LogP contribution in [0.15, 0.2) is 24.3 Å². The van der Waals surface area contributed by atoms with Crippen molar-refractivity contribution in [3.63, 3.8) is 0 Å². The van der Waals surface area contributed by atoms with Crippen LogP contribution in [-0.2, 0) is 15.0 Å². The average molecular weight is 332 g/mol. The van der Waals surface area contributed by atoms with Gasteiger partial charge < -0.3 is 15.4 Å². The molecule has 0 radical (unpaired) electrons. The molecule has 2 N–H and O–H groups in total. The second-order valence-corrected chi connectivity index (χ2v) is 7.60. The molecule has 1 aromatic carbocycles. The van der Waals surface area contributed by atoms with E-state index in [1.165, 1.54) is 5.56 Å². The molecule has 2 amide bonds. The Morgan fingerprint density at radius 3 is 2.17 bits per heavy atom. The van der Waals surface area contributed by atoms with Crippen molar-refractivity contribution in [1.29, 1.82) is 0 Å². The Hall–Kier alpha value is -2.04. The highest BCUT2D eigenvalue weighted by atomic mass is 16.5. The fourth-order valence-electron chi connectivity index (χ4n) is 3.29. The van der Waals surface area contributed by atoms with Crippen LogP contribution in [0.25, 0.3) is 0 Å². The Balaban J connectivity index is 2.05. The van der Waals surface area contributed by atoms with E-state index in [0.717, 1.165) is 31.4 Å². The first-order valence-electron chi connectivity index (χ1n) is 8.51. The number of benzene rings is 1. The number of carbonyl (C=O) groups excluding carboxylic acids is 2. The van der Waals surface area contributed by atoms with Crippen LogP contribution in [-0.4, -0.2) is 31.0 Å². The van der Waals surface area contributed by atoms with Gasteiger partial charge in [0.25, 0.3) is 0 Å². The molecule has 0 aliphatic heterocycles. The van der Waals surface area contributed by atoms with Crippen LogP contribution in [0, 0.1) is 0 Å². The Morgan fingerprint density at radius 2 is 1.67 bits per heavy atom. The maximum Gasteiger partial charge on any atom is 0.309 e. The van der Waals surface area contributed by atoms with Gasteiger partial charge in [0.15, 0.2) is 0 Å². The normalized spacial score (nSPS) is 16.5. The van der Waals surface area contributed by atoms with Gasteiger partial charge in [-0.2, -0.15) is 0 Å². The first kappa shape index (κ1) is 18.3. The van der Waals surface area contributed by atoms with Crippen LogP contribution >= 0.6 is 0 Å². The molecule has 1 aromatic rings. The van der Waals surface area contributed by atoms with Gasteiger partial charge in [-0.25, -0.2) is 0 Å². The molecule has 1 saturated carbocycles. The van der Waals surface area contributed by atoms with E-state index < -0.39 is 17.4 Å². The van der Waals surface area contributed by atoms with Gasteiger partial charge in [-0.1, -0.05) is 25.0 Å². The molecule has 0 unspecified atom stereocenters. The molecule has 0 bridgehead atoms. The van der Waals surface area contributed by atoms with E-state index in [2.05, 4.69) is 22.8 Å². The molecule has 2 rings (SSSR count). The highest BCUT2D eigenvalue weighted by Gasteiger charge is 2.36. The van der Waals surface area contributed by atoms with Crippen molar-refractivity contribution in [1.82, 2.24) is 10.6 Å². The third-order valence-electron chi connectivity index (χ3n) is 4.55. The van der Waals surface area contributed by atoms with Gasteiger partial charge in [-0.05, 0) is 51.3 Å². The molecule has 0 aromatic heterocycles. The van der Waals surface area contributed by atoms with Crippen LogP contribution in [0.5, 0.6) is 5.75 Å². The number of nitrogens with one attached hydrogen (secondary N) is 2. The van der Waals surface area contributed by atoms with Gasteiger partial charge in [0.2, 0.25) is 0 Å². The Morgan fingerprint density at radius 1 is 1.08 bits per heavy atom. The average Bonchev–Trinajstić information content (AvgIpc) is 3.01. The fourth-order valence-corrected chi connectivity index (χ4v) is 3.29. The second-order valence-electron chi connectivity index (χ2n) is 7.60. The zero-order chi connectivity index (χ0) is 17.8. The van der Waals surface area contributed by atoms with Gasteiger partial charge in [-0.15, -0.1) is 0 Å². The second kappa shape index (κ2) is 7.24. The maximum atomic E-state index is 12.1. The minimum absolute atomic E-state index is 0.0933. The summed E-state index contributed by atoms with van der Waals surface area (Å²) in [6.45, 7) is 6.05. The molecule has 1 fully saturated rings. The summed E-state index contributed by atoms with van der Waals surface area (Å²) in [6.07, 6.45) is 4.30. The van der Waals surface area contributed by atoms with Gasteiger partial charge in [-0.3, -0.25) is 9.59 Å². The Kier molecular flexibility index (Phi) is 5.52. The lowest BCUT2D eigenvalue weighted by Gasteiger charge is -2.30. The number of carbonyl (C=O) groups is 2. The van der Waals surface area contributed by atoms with Crippen molar-refractivity contribution < 1.29 is 14.3 Å². The third-order valence-corrected chi connectivity index (χ3v) is 4.55. The fraction of sp³-hybridized carbons (Fsp3) is 0.579. The van der Waals surface area contributed by atoms with Crippen molar-refractivity contribution in [2.24, 2.45) is 0 Å². The topological polar surface area (TPSA) is 67.4 Å². The maximum absolute atomic E-state index is 12.1. The predicted octanol–water partition coefficient (Wildman–Crippen LogP) is 2.54. The molecule has 0 saturated heterocycles. The summed E-state index contributed by atoms with van der Waals surface area (Å²) in [6, 6.07) is 8.02. The Bertz CT molecular complexity index is 582. The standard InChI is InChI=1S/C19H28N2O3/c1-18(2,3)21-17(23)16(22)20-13-19(11-5-6-12-19)14-7-9-15(24-4)10-8-14/h7-10H,5-6,11-13H2,1-4H3,(H,20,22)(H,21,23). The van der Waals surface area contributed by atoms with E-state index in [1.54, 1.807) is 7.11 Å². The van der Waals surface area contributed by atoms with E-state index in [4.69, 9.17) is 4.74 Å². The van der Waals surface area contributed by atoms with Crippen LogP contribution < -0.4 is 15.4 Å². The van der Waals surface area contributed by atoms with E-state index in [9.17, 15) is 9.59 Å². The molecule has 0 spiro atoms. The number of hydrogen-bond donors (Lipinski definition) is 2. The number of methoxy groups -OCH3 is 1. The summed E-state index contributed by atoms with van der Waals surface area (Å²) in [5.41, 5.74) is 0.677. The smallest absolute Gasteiger partial charge is 0.309 e. The SMILES string of the molecule is COc1ccc(C2(CNC(=O)C(=O)NC(C)(C)C)CCCC2)cc1. The first-order chi connectivity index (χ1) is 11.3. The molecular weight excluding hydrogens is 304 g/mol. The molecule has 0 atom stereocenters. The number of ether oxygens (including phenoxy) is 1. The monoisotopic (exact) mass is 332 g/mol. The number of rotatable bonds is 4. The first-order valence-corrected chi connectivity index (χ1v) is 8.51. The zero-order valence-electron chi connectivity index (χ0n) is 15.1. The molecule has 24 heavy (non-hydrogen) atoms. The van der Waals surface area contributed by atoms with Crippen LogP contribution in [0.3, 0.4) is 0 Å². The predicted molar refractivity (Wildman–Crippen MR) is 94.0 cm³/mol. The van der Waals surface area contributed by atoms with Crippen molar-refractivity contribution in [3.05, 3.63) is 29.8 Å². The van der Waals surface area contributed by atoms with E-state index >= 15 is 0 Å². The third kappa shape index (κ3) is 4.49. The molecule has 0 heterocycles. The minimum atomic E-state index is -0.578. The van der Waals surface area contributed by atoms with Gasteiger partial charge in [0, 0.05) is 17.5 Å². The van der Waals surface area contributed by atoms with Crippen molar-refractivity contribution in [2.75, 3.05) is 13.7 Å². The lowest BCUT2D eigenvalue weighted by atomic mass is 9.78. The van der Waals surface area contributed by atoms with Crippen molar-refractivity contribution in [3.8, 4) is 5.75 Å². The van der Waals surface area contributed by atoms with Crippen molar-refractivity contribution >= 4 is 11.8 Å². The number of hydrogen-bond acceptors (Lipinski definition) is 3. The quantitative estimate of drug-likeness (QED) is 0.833. The van der Waals surface area contributed by atoms with Gasteiger partial charge >= 0.3 is 11.8 Å². The Labute approximate surface area is 144 Å². The largest absolute Gasteiger partial charge is 0.497 e. The zero-order valence-corrected chi connectivity index (χ0v) is 15.1. The summed E-state index contributed by atoms with van der Waals surface area (Å²) in [5, 5.41) is 5.53. The molecule has 1 aliphatic rings. The lowest BCUT2D eigenvalue weighted by molar-refractivity contribution is -0.140. The summed E-state index contributed by atoms with van der Waals surface area (Å²) in [5.74, 6) is -0.324. The van der Waals surface area contributed by atoms with E-state index in [0.29, 0.717) is 6.54 Å². The van der Waals surface area contributed by atoms with Crippen LogP contribution in [0.1, 0.15) is 52.0 Å². The molecule has 132 valence electrons. The highest BCUT2D eigenvalue weighted by molar-refractivity contribution is 6.35. The molecular formula is C19H28N2O3. The summed E-state index contributed by atoms with van der Waals surface area (Å²) < 4.78 is 5.22. The lowest BCUT2D eigenvalue weighted by Crippen LogP contribution is -2.50. The number of amides is 2. The summed E-state index contributed by atoms with van der Waals surface area (Å²) in [4.78, 5) is 24.1. The minimum Gasteiger partial charge on any atom is -0.497 e. The molecule has 5 nitrogen and oxygen atoms in total. The molecule has 5 heteroatoms. The van der Waals surface area contributed by atoms with Crippen molar-refractivity contribution in [2.45, 2.75) is 57.4 Å². The van der Waals surface area contributed by atoms with E-state index in [-0.39, 0.29) is 5.41 Å². The molecule has 1 aliphatic carbocycles. The summed E-state index contributed by atoms with van der Waals surface area (Å²) in [7, 11) is 1.65. The highest BCUT2D eigenvalue weighted by Crippen LogP contribution is 2.41. The van der Waals surface area contributed by atoms with Gasteiger partial charge in [0.1, 0.15) is 5.75 Å². The van der Waals surface area contributed by atoms with Crippen LogP contribution in [0.4, 0.5) is 0 Å². The van der Waals surface area contributed by atoms with E-state index in [1.807, 2.05) is 32.9 Å². The summed E-state index contributed by atoms with van der Waals surface area (Å²) >= 11 is 0.